The smallest absolute Gasteiger partial charge is 0.261 e. The van der Waals surface area contributed by atoms with Crippen LogP contribution in [0.25, 0.3) is 10.2 Å². The van der Waals surface area contributed by atoms with E-state index in [0.717, 1.165) is 27.9 Å². The summed E-state index contributed by atoms with van der Waals surface area (Å²) < 4.78 is 41.0. The molecular formula is C21H15ClFN3O3S2. The molecule has 158 valence electrons. The minimum absolute atomic E-state index is 0.0676. The van der Waals surface area contributed by atoms with Crippen molar-refractivity contribution in [3.05, 3.63) is 82.6 Å². The van der Waals surface area contributed by atoms with Gasteiger partial charge in [-0.3, -0.25) is 14.8 Å². The minimum atomic E-state index is -3.87. The van der Waals surface area contributed by atoms with Gasteiger partial charge in [0.05, 0.1) is 15.1 Å². The molecule has 31 heavy (non-hydrogen) atoms. The van der Waals surface area contributed by atoms with Crippen LogP contribution in [0.4, 0.5) is 15.2 Å². The largest absolute Gasteiger partial charge is 0.298 e. The molecule has 0 saturated carbocycles. The van der Waals surface area contributed by atoms with Crippen LogP contribution >= 0.6 is 22.9 Å². The highest BCUT2D eigenvalue weighted by atomic mass is 35.5. The highest BCUT2D eigenvalue weighted by molar-refractivity contribution is 7.92. The molecule has 0 unspecified atom stereocenters. The molecule has 1 aromatic heterocycles. The first-order valence-electron chi connectivity index (χ1n) is 8.98. The van der Waals surface area contributed by atoms with E-state index in [2.05, 4.69) is 15.0 Å². The fourth-order valence-corrected chi connectivity index (χ4v) is 5.27. The van der Waals surface area contributed by atoms with Crippen LogP contribution in [0.3, 0.4) is 0 Å². The van der Waals surface area contributed by atoms with Gasteiger partial charge in [0.15, 0.2) is 5.13 Å². The monoisotopic (exact) mass is 475 g/mol. The van der Waals surface area contributed by atoms with Crippen molar-refractivity contribution in [1.29, 1.82) is 0 Å². The standard InChI is InChI=1S/C21H15ClFN3O3S2/c1-12-10-14(22)11-18-19(12)24-21(30-18)25-20(27)13-2-6-16(7-3-13)26-31(28,29)17-8-4-15(23)5-9-17/h2-11,26H,1H3,(H,24,25,27). The highest BCUT2D eigenvalue weighted by Crippen LogP contribution is 2.31. The van der Waals surface area contributed by atoms with Gasteiger partial charge >= 0.3 is 0 Å². The van der Waals surface area contributed by atoms with E-state index in [4.69, 9.17) is 11.6 Å². The molecule has 0 aliphatic rings. The quantitative estimate of drug-likeness (QED) is 0.401. The number of amides is 1. The molecule has 4 aromatic rings. The van der Waals surface area contributed by atoms with Gasteiger partial charge in [-0.05, 0) is 73.2 Å². The van der Waals surface area contributed by atoms with Crippen molar-refractivity contribution in [1.82, 2.24) is 4.98 Å². The summed E-state index contributed by atoms with van der Waals surface area (Å²) >= 11 is 7.38. The fraction of sp³-hybridized carbons (Fsp3) is 0.0476. The summed E-state index contributed by atoms with van der Waals surface area (Å²) in [6.07, 6.45) is 0. The lowest BCUT2D eigenvalue weighted by atomic mass is 10.2. The Morgan fingerprint density at radius 3 is 2.42 bits per heavy atom. The number of carbonyl (C=O) groups is 1. The van der Waals surface area contributed by atoms with Gasteiger partial charge in [0.25, 0.3) is 15.9 Å². The number of hydrogen-bond donors (Lipinski definition) is 2. The van der Waals surface area contributed by atoms with Crippen molar-refractivity contribution < 1.29 is 17.6 Å². The number of rotatable bonds is 5. The van der Waals surface area contributed by atoms with Crippen molar-refractivity contribution in [2.45, 2.75) is 11.8 Å². The number of halogens is 2. The molecule has 0 fully saturated rings. The lowest BCUT2D eigenvalue weighted by Crippen LogP contribution is -2.14. The summed E-state index contributed by atoms with van der Waals surface area (Å²) in [6, 6.07) is 14.0. The number of thiazole rings is 1. The molecule has 0 saturated heterocycles. The third-order valence-electron chi connectivity index (χ3n) is 4.39. The number of carbonyl (C=O) groups excluding carboxylic acids is 1. The Bertz CT molecular complexity index is 1390. The summed E-state index contributed by atoms with van der Waals surface area (Å²) in [4.78, 5) is 16.9. The Morgan fingerprint density at radius 2 is 1.74 bits per heavy atom. The van der Waals surface area contributed by atoms with Crippen molar-refractivity contribution in [3.8, 4) is 0 Å². The van der Waals surface area contributed by atoms with E-state index in [9.17, 15) is 17.6 Å². The molecule has 6 nitrogen and oxygen atoms in total. The van der Waals surface area contributed by atoms with E-state index in [-0.39, 0.29) is 16.5 Å². The van der Waals surface area contributed by atoms with Crippen LogP contribution in [-0.4, -0.2) is 19.3 Å². The van der Waals surface area contributed by atoms with Gasteiger partial charge in [0, 0.05) is 16.3 Å². The first-order valence-corrected chi connectivity index (χ1v) is 11.7. The lowest BCUT2D eigenvalue weighted by Gasteiger charge is -2.09. The number of fused-ring (bicyclic) bond motifs is 1. The predicted octanol–water partition coefficient (Wildman–Crippen LogP) is 5.45. The van der Waals surface area contributed by atoms with Gasteiger partial charge < -0.3 is 0 Å². The van der Waals surface area contributed by atoms with Crippen LogP contribution in [-0.2, 0) is 10.0 Å². The highest BCUT2D eigenvalue weighted by Gasteiger charge is 2.15. The second kappa shape index (κ2) is 8.26. The molecule has 0 bridgehead atoms. The van der Waals surface area contributed by atoms with E-state index in [1.807, 2.05) is 6.92 Å². The molecule has 1 heterocycles. The Morgan fingerprint density at radius 1 is 1.06 bits per heavy atom. The number of benzene rings is 3. The molecule has 0 aliphatic carbocycles. The molecule has 1 amide bonds. The zero-order valence-corrected chi connectivity index (χ0v) is 18.4. The molecule has 0 atom stereocenters. The fourth-order valence-electron chi connectivity index (χ4n) is 2.89. The topological polar surface area (TPSA) is 88.2 Å². The van der Waals surface area contributed by atoms with Crippen molar-refractivity contribution in [2.24, 2.45) is 0 Å². The average molecular weight is 476 g/mol. The Labute approximate surface area is 186 Å². The van der Waals surface area contributed by atoms with E-state index in [0.29, 0.717) is 15.7 Å². The number of anilines is 2. The van der Waals surface area contributed by atoms with Gasteiger partial charge in [-0.25, -0.2) is 17.8 Å². The maximum Gasteiger partial charge on any atom is 0.261 e. The third kappa shape index (κ3) is 4.68. The molecule has 0 aliphatic heterocycles. The molecule has 3 aromatic carbocycles. The summed E-state index contributed by atoms with van der Waals surface area (Å²) in [5, 5.41) is 3.78. The molecule has 0 radical (unpaired) electrons. The maximum absolute atomic E-state index is 13.0. The predicted molar refractivity (Wildman–Crippen MR) is 121 cm³/mol. The molecule has 0 spiro atoms. The minimum Gasteiger partial charge on any atom is -0.298 e. The van der Waals surface area contributed by atoms with E-state index in [1.165, 1.54) is 47.7 Å². The van der Waals surface area contributed by atoms with Crippen LogP contribution in [0.15, 0.2) is 65.6 Å². The first kappa shape index (κ1) is 21.2. The number of nitrogens with zero attached hydrogens (tertiary/aromatic N) is 1. The van der Waals surface area contributed by atoms with Crippen molar-refractivity contribution in [3.63, 3.8) is 0 Å². The van der Waals surface area contributed by atoms with Crippen molar-refractivity contribution in [2.75, 3.05) is 10.0 Å². The van der Waals surface area contributed by atoms with Crippen LogP contribution in [0.2, 0.25) is 5.02 Å². The van der Waals surface area contributed by atoms with Crippen LogP contribution in [0, 0.1) is 12.7 Å². The average Bonchev–Trinajstić information content (AvgIpc) is 3.11. The number of hydrogen-bond acceptors (Lipinski definition) is 5. The number of aromatic nitrogens is 1. The summed E-state index contributed by atoms with van der Waals surface area (Å²) in [7, 11) is -3.87. The van der Waals surface area contributed by atoms with Gasteiger partial charge in [-0.15, -0.1) is 0 Å². The molecule has 2 N–H and O–H groups in total. The summed E-state index contributed by atoms with van der Waals surface area (Å²) in [5.41, 5.74) is 2.29. The van der Waals surface area contributed by atoms with Crippen molar-refractivity contribution >= 4 is 59.9 Å². The second-order valence-electron chi connectivity index (χ2n) is 6.68. The van der Waals surface area contributed by atoms with E-state index in [1.54, 1.807) is 12.1 Å². The number of aryl methyl sites for hydroxylation is 1. The van der Waals surface area contributed by atoms with E-state index < -0.39 is 15.8 Å². The Hall–Kier alpha value is -3.01. The second-order valence-corrected chi connectivity index (χ2v) is 9.83. The zero-order valence-electron chi connectivity index (χ0n) is 16.0. The lowest BCUT2D eigenvalue weighted by molar-refractivity contribution is 0.102. The maximum atomic E-state index is 13.0. The Kier molecular flexibility index (Phi) is 5.65. The van der Waals surface area contributed by atoms with E-state index >= 15 is 0 Å². The third-order valence-corrected chi connectivity index (χ3v) is 6.93. The number of sulfonamides is 1. The molecular weight excluding hydrogens is 461 g/mol. The normalized spacial score (nSPS) is 11.5. The molecule has 10 heteroatoms. The van der Waals surface area contributed by atoms with Crippen LogP contribution in [0.1, 0.15) is 15.9 Å². The van der Waals surface area contributed by atoms with Gasteiger partial charge in [-0.1, -0.05) is 22.9 Å². The van der Waals surface area contributed by atoms with Gasteiger partial charge in [-0.2, -0.15) is 0 Å². The number of nitrogens with one attached hydrogen (secondary N) is 2. The summed E-state index contributed by atoms with van der Waals surface area (Å²) in [6.45, 7) is 1.89. The summed E-state index contributed by atoms with van der Waals surface area (Å²) in [5.74, 6) is -0.906. The zero-order chi connectivity index (χ0) is 22.2. The molecule has 4 rings (SSSR count). The Balaban J connectivity index is 1.48. The van der Waals surface area contributed by atoms with Crippen LogP contribution < -0.4 is 10.0 Å². The SMILES string of the molecule is Cc1cc(Cl)cc2sc(NC(=O)c3ccc(NS(=O)(=O)c4ccc(F)cc4)cc3)nc12. The van der Waals surface area contributed by atoms with Crippen LogP contribution in [0.5, 0.6) is 0 Å². The first-order chi connectivity index (χ1) is 14.7. The van der Waals surface area contributed by atoms with Gasteiger partial charge in [0.2, 0.25) is 0 Å². The van der Waals surface area contributed by atoms with Gasteiger partial charge in [0.1, 0.15) is 5.82 Å².